The molecule has 0 amide bonds. The monoisotopic (exact) mass is 277 g/mol. The van der Waals surface area contributed by atoms with E-state index in [1.807, 2.05) is 6.08 Å². The molecule has 108 valence electrons. The maximum atomic E-state index is 11.4. The quantitative estimate of drug-likeness (QED) is 0.566. The van der Waals surface area contributed by atoms with Crippen LogP contribution in [-0.2, 0) is 19.0 Å². The van der Waals surface area contributed by atoms with Gasteiger partial charge in [0.05, 0.1) is 25.4 Å². The van der Waals surface area contributed by atoms with Crippen LogP contribution in [0.5, 0.6) is 0 Å². The molecule has 0 bridgehead atoms. The molecular formula is C15H19NO4. The molecule has 5 nitrogen and oxygen atoms in total. The summed E-state index contributed by atoms with van der Waals surface area (Å²) >= 11 is 0. The largest absolute Gasteiger partial charge is 0.500 e. The van der Waals surface area contributed by atoms with Gasteiger partial charge in [-0.3, -0.25) is 0 Å². The first-order valence-electron chi connectivity index (χ1n) is 6.69. The Labute approximate surface area is 118 Å². The van der Waals surface area contributed by atoms with Crippen molar-refractivity contribution in [3.05, 3.63) is 24.0 Å². The number of rotatable bonds is 5. The van der Waals surface area contributed by atoms with Crippen molar-refractivity contribution in [2.24, 2.45) is 17.8 Å². The molecule has 0 spiro atoms. The lowest BCUT2D eigenvalue weighted by Gasteiger charge is -2.15. The summed E-state index contributed by atoms with van der Waals surface area (Å²) in [6.07, 6.45) is 5.79. The van der Waals surface area contributed by atoms with E-state index in [4.69, 9.17) is 19.5 Å². The molecule has 2 rings (SSSR count). The molecule has 0 N–H and O–H groups in total. The van der Waals surface area contributed by atoms with Crippen LogP contribution >= 0.6 is 0 Å². The lowest BCUT2D eigenvalue weighted by Crippen LogP contribution is -2.15. The molecule has 2 aliphatic carbocycles. The van der Waals surface area contributed by atoms with Crippen molar-refractivity contribution < 1.29 is 19.0 Å². The number of ether oxygens (including phenoxy) is 3. The Kier molecular flexibility index (Phi) is 4.15. The second-order valence-electron chi connectivity index (χ2n) is 4.97. The standard InChI is InChI=1S/C15H19NO4/c1-4-20-14(17)5-6-15(19-3)11-7-10(9-16)13(18-2)8-12(11)15/h5-6,8,10-12H,4,7H2,1-3H3/b6-5+/t10-,11-,12-,15+/m1/s1. The molecule has 1 saturated carbocycles. The maximum absolute atomic E-state index is 11.4. The minimum absolute atomic E-state index is 0.151. The lowest BCUT2D eigenvalue weighted by atomic mass is 9.95. The van der Waals surface area contributed by atoms with Crippen LogP contribution in [0.1, 0.15) is 13.3 Å². The number of allylic oxidation sites excluding steroid dienone is 1. The first-order chi connectivity index (χ1) is 9.62. The normalized spacial score (nSPS) is 34.9. The fourth-order valence-corrected chi connectivity index (χ4v) is 3.03. The molecule has 0 radical (unpaired) electrons. The van der Waals surface area contributed by atoms with Gasteiger partial charge in [-0.1, -0.05) is 0 Å². The second kappa shape index (κ2) is 5.68. The molecule has 0 heterocycles. The smallest absolute Gasteiger partial charge is 0.330 e. The fourth-order valence-electron chi connectivity index (χ4n) is 3.03. The number of methoxy groups -OCH3 is 2. The van der Waals surface area contributed by atoms with Crippen molar-refractivity contribution in [3.8, 4) is 6.07 Å². The van der Waals surface area contributed by atoms with Crippen molar-refractivity contribution in [2.75, 3.05) is 20.8 Å². The molecule has 0 aromatic carbocycles. The average molecular weight is 277 g/mol. The lowest BCUT2D eigenvalue weighted by molar-refractivity contribution is -0.137. The zero-order valence-corrected chi connectivity index (χ0v) is 12.0. The molecule has 0 saturated heterocycles. The highest BCUT2D eigenvalue weighted by atomic mass is 16.5. The highest BCUT2D eigenvalue weighted by molar-refractivity contribution is 5.82. The van der Waals surface area contributed by atoms with Crippen molar-refractivity contribution in [3.63, 3.8) is 0 Å². The van der Waals surface area contributed by atoms with Gasteiger partial charge in [-0.15, -0.1) is 0 Å². The van der Waals surface area contributed by atoms with Crippen molar-refractivity contribution in [1.82, 2.24) is 0 Å². The van der Waals surface area contributed by atoms with E-state index in [9.17, 15) is 4.79 Å². The van der Waals surface area contributed by atoms with Gasteiger partial charge >= 0.3 is 5.97 Å². The van der Waals surface area contributed by atoms with Crippen molar-refractivity contribution >= 4 is 5.97 Å². The Morgan fingerprint density at radius 3 is 2.90 bits per heavy atom. The third kappa shape index (κ3) is 2.32. The number of carbonyl (C=O) groups excluding carboxylic acids is 1. The predicted octanol–water partition coefficient (Wildman–Crippen LogP) is 1.81. The molecule has 1 fully saturated rings. The zero-order valence-electron chi connectivity index (χ0n) is 12.0. The fraction of sp³-hybridized carbons (Fsp3) is 0.600. The third-order valence-electron chi connectivity index (χ3n) is 4.11. The van der Waals surface area contributed by atoms with Gasteiger partial charge in [-0.05, 0) is 25.5 Å². The highest BCUT2D eigenvalue weighted by Gasteiger charge is 2.65. The number of esters is 1. The number of hydrogen-bond donors (Lipinski definition) is 0. The Balaban J connectivity index is 2.15. The van der Waals surface area contributed by atoms with Crippen LogP contribution in [0.2, 0.25) is 0 Å². The van der Waals surface area contributed by atoms with Gasteiger partial charge in [0.2, 0.25) is 0 Å². The Hall–Kier alpha value is -1.80. The van der Waals surface area contributed by atoms with Crippen LogP contribution in [0.3, 0.4) is 0 Å². The van der Waals surface area contributed by atoms with E-state index in [0.29, 0.717) is 18.8 Å². The number of hydrogen-bond acceptors (Lipinski definition) is 5. The summed E-state index contributed by atoms with van der Waals surface area (Å²) in [5.74, 6) is 0.436. The zero-order chi connectivity index (χ0) is 14.8. The van der Waals surface area contributed by atoms with E-state index in [1.54, 1.807) is 27.2 Å². The summed E-state index contributed by atoms with van der Waals surface area (Å²) in [5.41, 5.74) is -0.512. The van der Waals surface area contributed by atoms with E-state index in [-0.39, 0.29) is 23.7 Å². The Morgan fingerprint density at radius 1 is 1.60 bits per heavy atom. The molecule has 4 atom stereocenters. The highest BCUT2D eigenvalue weighted by Crippen LogP contribution is 2.61. The van der Waals surface area contributed by atoms with Gasteiger partial charge in [-0.25, -0.2) is 4.79 Å². The summed E-state index contributed by atoms with van der Waals surface area (Å²) < 4.78 is 15.7. The average Bonchev–Trinajstić information content (AvgIpc) is 3.10. The molecule has 0 aliphatic heterocycles. The molecule has 0 aromatic heterocycles. The maximum Gasteiger partial charge on any atom is 0.330 e. The van der Waals surface area contributed by atoms with Gasteiger partial charge in [0, 0.05) is 25.0 Å². The molecule has 0 unspecified atom stereocenters. The molecular weight excluding hydrogens is 258 g/mol. The Bertz CT molecular complexity index is 491. The van der Waals surface area contributed by atoms with Crippen molar-refractivity contribution in [2.45, 2.75) is 18.9 Å². The number of fused-ring (bicyclic) bond motifs is 1. The van der Waals surface area contributed by atoms with Gasteiger partial charge in [-0.2, -0.15) is 5.26 Å². The van der Waals surface area contributed by atoms with E-state index >= 15 is 0 Å². The number of nitrogens with zero attached hydrogens (tertiary/aromatic N) is 1. The van der Waals surface area contributed by atoms with E-state index in [0.717, 1.165) is 0 Å². The van der Waals surface area contributed by atoms with Gasteiger partial charge in [0.1, 0.15) is 11.7 Å². The van der Waals surface area contributed by atoms with Crippen LogP contribution in [0, 0.1) is 29.1 Å². The van der Waals surface area contributed by atoms with E-state index < -0.39 is 5.60 Å². The first kappa shape index (κ1) is 14.6. The van der Waals surface area contributed by atoms with Crippen LogP contribution in [0.25, 0.3) is 0 Å². The van der Waals surface area contributed by atoms with Gasteiger partial charge in [0.15, 0.2) is 0 Å². The van der Waals surface area contributed by atoms with E-state index in [1.165, 1.54) is 6.08 Å². The Morgan fingerprint density at radius 2 is 2.35 bits per heavy atom. The summed E-state index contributed by atoms with van der Waals surface area (Å²) in [5, 5.41) is 9.16. The summed E-state index contributed by atoms with van der Waals surface area (Å²) in [6.45, 7) is 2.11. The van der Waals surface area contributed by atoms with Crippen LogP contribution in [0.4, 0.5) is 0 Å². The summed E-state index contributed by atoms with van der Waals surface area (Å²) in [4.78, 5) is 11.4. The summed E-state index contributed by atoms with van der Waals surface area (Å²) in [7, 11) is 3.19. The minimum Gasteiger partial charge on any atom is -0.500 e. The number of nitriles is 1. The SMILES string of the molecule is CCOC(=O)/C=C/[C@@]1(OC)[C@@H]2C=C(OC)[C@@H](C#N)C[C@H]21. The van der Waals surface area contributed by atoms with Crippen LogP contribution < -0.4 is 0 Å². The summed E-state index contributed by atoms with van der Waals surface area (Å²) in [6, 6.07) is 2.24. The van der Waals surface area contributed by atoms with Gasteiger partial charge < -0.3 is 14.2 Å². The predicted molar refractivity (Wildman–Crippen MR) is 71.3 cm³/mol. The first-order valence-corrected chi connectivity index (χ1v) is 6.69. The van der Waals surface area contributed by atoms with Gasteiger partial charge in [0.25, 0.3) is 0 Å². The van der Waals surface area contributed by atoms with Crippen LogP contribution in [-0.4, -0.2) is 32.4 Å². The molecule has 5 heteroatoms. The third-order valence-corrected chi connectivity index (χ3v) is 4.11. The van der Waals surface area contributed by atoms with Crippen LogP contribution in [0.15, 0.2) is 24.0 Å². The second-order valence-corrected chi connectivity index (χ2v) is 4.97. The van der Waals surface area contributed by atoms with Crippen molar-refractivity contribution in [1.29, 1.82) is 5.26 Å². The molecule has 2 aliphatic rings. The van der Waals surface area contributed by atoms with E-state index in [2.05, 4.69) is 6.07 Å². The minimum atomic E-state index is -0.512. The molecule has 20 heavy (non-hydrogen) atoms. The topological polar surface area (TPSA) is 68.6 Å². The number of carbonyl (C=O) groups is 1. The molecule has 0 aromatic rings.